The molecule has 0 aromatic heterocycles. The van der Waals surface area contributed by atoms with Crippen molar-refractivity contribution in [1.29, 1.82) is 0 Å². The van der Waals surface area contributed by atoms with E-state index in [2.05, 4.69) is 38.6 Å². The van der Waals surface area contributed by atoms with Crippen molar-refractivity contribution in [1.82, 2.24) is 0 Å². The molecule has 1 rings (SSSR count). The Morgan fingerprint density at radius 2 is 1.90 bits per heavy atom. The summed E-state index contributed by atoms with van der Waals surface area (Å²) in [7, 11) is 0.925. The Morgan fingerprint density at radius 3 is 2.40 bits per heavy atom. The van der Waals surface area contributed by atoms with Crippen molar-refractivity contribution in [3.05, 3.63) is 29.3 Å². The highest BCUT2D eigenvalue weighted by Gasteiger charge is 1.96. The number of rotatable bonds is 1. The molecule has 0 bridgehead atoms. The van der Waals surface area contributed by atoms with Crippen LogP contribution in [-0.4, -0.2) is 9.52 Å². The van der Waals surface area contributed by atoms with Gasteiger partial charge in [0.2, 0.25) is 0 Å². The summed E-state index contributed by atoms with van der Waals surface area (Å²) >= 11 is 0. The second-order valence-electron chi connectivity index (χ2n) is 2.50. The zero-order valence-corrected chi connectivity index (χ0v) is 7.73. The molecule has 1 aromatic rings. The van der Waals surface area contributed by atoms with Crippen molar-refractivity contribution in [3.63, 3.8) is 0 Å². The molecule has 1 aromatic carbocycles. The third-order valence-electron chi connectivity index (χ3n) is 1.87. The zero-order valence-electron chi connectivity index (χ0n) is 6.73. The molecule has 0 amide bonds. The smallest absolute Gasteiger partial charge is 0.0688 e. The highest BCUT2D eigenvalue weighted by Crippen LogP contribution is 2.01. The minimum atomic E-state index is 0.925. The first-order valence-corrected chi connectivity index (χ1v) is 4.99. The van der Waals surface area contributed by atoms with Crippen LogP contribution in [0.15, 0.2) is 18.2 Å². The molecule has 0 aliphatic heterocycles. The molecule has 52 valence electrons. The van der Waals surface area contributed by atoms with Crippen LogP contribution in [0, 0.1) is 13.8 Å². The zero-order chi connectivity index (χ0) is 7.56. The van der Waals surface area contributed by atoms with E-state index in [1.54, 1.807) is 0 Å². The van der Waals surface area contributed by atoms with Crippen LogP contribution in [0.1, 0.15) is 11.1 Å². The fourth-order valence-corrected chi connectivity index (χ4v) is 1.86. The molecule has 0 aliphatic carbocycles. The molecule has 1 heteroatoms. The third kappa shape index (κ3) is 1.29. The van der Waals surface area contributed by atoms with Gasteiger partial charge in [-0.1, -0.05) is 29.9 Å². The van der Waals surface area contributed by atoms with Crippen molar-refractivity contribution >= 4 is 14.7 Å². The fourth-order valence-electron chi connectivity index (χ4n) is 1.02. The summed E-state index contributed by atoms with van der Waals surface area (Å²) in [4.78, 5) is 0. The first-order chi connectivity index (χ1) is 4.75. The number of benzene rings is 1. The van der Waals surface area contributed by atoms with Gasteiger partial charge in [-0.25, -0.2) is 0 Å². The van der Waals surface area contributed by atoms with Crippen LogP contribution in [0.2, 0.25) is 6.55 Å². The molecule has 0 N–H and O–H groups in total. The summed E-state index contributed by atoms with van der Waals surface area (Å²) in [6.45, 7) is 6.59. The van der Waals surface area contributed by atoms with Crippen LogP contribution in [0.5, 0.6) is 0 Å². The van der Waals surface area contributed by atoms with E-state index < -0.39 is 0 Å². The molecule has 0 fully saturated rings. The molecule has 0 heterocycles. The quantitative estimate of drug-likeness (QED) is 0.532. The van der Waals surface area contributed by atoms with E-state index in [0.717, 1.165) is 9.52 Å². The van der Waals surface area contributed by atoms with E-state index in [4.69, 9.17) is 0 Å². The van der Waals surface area contributed by atoms with E-state index in [9.17, 15) is 0 Å². The Morgan fingerprint density at radius 1 is 1.20 bits per heavy atom. The third-order valence-corrected chi connectivity index (χ3v) is 2.95. The van der Waals surface area contributed by atoms with Gasteiger partial charge in [0.05, 0.1) is 9.52 Å². The first-order valence-electron chi connectivity index (χ1n) is 3.49. The average Bonchev–Trinajstić information content (AvgIpc) is 1.95. The van der Waals surface area contributed by atoms with E-state index in [-0.39, 0.29) is 0 Å². The molecule has 2 radical (unpaired) electrons. The fraction of sp³-hybridized carbons (Fsp3) is 0.333. The van der Waals surface area contributed by atoms with E-state index in [0.29, 0.717) is 0 Å². The molecule has 0 nitrogen and oxygen atoms in total. The molecule has 0 unspecified atom stereocenters. The molecule has 0 atom stereocenters. The highest BCUT2D eigenvalue weighted by molar-refractivity contribution is 6.52. The van der Waals surface area contributed by atoms with Crippen LogP contribution < -0.4 is 5.19 Å². The average molecular weight is 148 g/mol. The van der Waals surface area contributed by atoms with Gasteiger partial charge in [-0.3, -0.25) is 0 Å². The number of hydrogen-bond acceptors (Lipinski definition) is 0. The summed E-state index contributed by atoms with van der Waals surface area (Å²) < 4.78 is 0. The van der Waals surface area contributed by atoms with Gasteiger partial charge in [0, 0.05) is 0 Å². The van der Waals surface area contributed by atoms with Crippen LogP contribution in [0.3, 0.4) is 0 Å². The predicted octanol–water partition coefficient (Wildman–Crippen LogP) is 1.68. The lowest BCUT2D eigenvalue weighted by Gasteiger charge is -2.03. The normalized spacial score (nSPS) is 9.90. The Kier molecular flexibility index (Phi) is 2.28. The van der Waals surface area contributed by atoms with Gasteiger partial charge in [0.25, 0.3) is 0 Å². The van der Waals surface area contributed by atoms with Crippen molar-refractivity contribution in [2.45, 2.75) is 20.4 Å². The van der Waals surface area contributed by atoms with Gasteiger partial charge in [-0.2, -0.15) is 0 Å². The lowest BCUT2D eigenvalue weighted by atomic mass is 10.1. The van der Waals surface area contributed by atoms with Gasteiger partial charge in [-0.05, 0) is 25.0 Å². The molecule has 0 saturated carbocycles. The minimum Gasteiger partial charge on any atom is -0.0688 e. The van der Waals surface area contributed by atoms with Crippen LogP contribution >= 0.6 is 0 Å². The van der Waals surface area contributed by atoms with E-state index >= 15 is 0 Å². The van der Waals surface area contributed by atoms with Crippen LogP contribution in [0.4, 0.5) is 0 Å². The molecule has 0 aliphatic rings. The largest absolute Gasteiger partial charge is 0.0777 e. The molecular formula is C9H12Si. The maximum atomic E-state index is 2.22. The van der Waals surface area contributed by atoms with Gasteiger partial charge in [-0.15, -0.1) is 0 Å². The SMILES string of the molecule is C[Si]c1cccc(C)c1C. The summed E-state index contributed by atoms with van der Waals surface area (Å²) in [5.74, 6) is 0. The number of hydrogen-bond donors (Lipinski definition) is 0. The Bertz CT molecular complexity index is 228. The highest BCUT2D eigenvalue weighted by atomic mass is 28.2. The Hall–Kier alpha value is -0.563. The molecule has 10 heavy (non-hydrogen) atoms. The van der Waals surface area contributed by atoms with Crippen molar-refractivity contribution in [3.8, 4) is 0 Å². The van der Waals surface area contributed by atoms with Crippen molar-refractivity contribution in [2.24, 2.45) is 0 Å². The molecular weight excluding hydrogens is 136 g/mol. The summed E-state index contributed by atoms with van der Waals surface area (Å²) in [5, 5.41) is 1.50. The first kappa shape index (κ1) is 7.54. The second-order valence-corrected chi connectivity index (χ2v) is 3.54. The van der Waals surface area contributed by atoms with Crippen molar-refractivity contribution < 1.29 is 0 Å². The topological polar surface area (TPSA) is 0 Å². The molecule has 0 spiro atoms. The van der Waals surface area contributed by atoms with Crippen LogP contribution in [-0.2, 0) is 0 Å². The summed E-state index contributed by atoms with van der Waals surface area (Å²) in [5.41, 5.74) is 2.87. The predicted molar refractivity (Wildman–Crippen MR) is 47.2 cm³/mol. The maximum absolute atomic E-state index is 2.22. The van der Waals surface area contributed by atoms with E-state index in [1.807, 2.05) is 0 Å². The molecule has 0 saturated heterocycles. The van der Waals surface area contributed by atoms with Crippen molar-refractivity contribution in [2.75, 3.05) is 0 Å². The monoisotopic (exact) mass is 148 g/mol. The van der Waals surface area contributed by atoms with Crippen LogP contribution in [0.25, 0.3) is 0 Å². The number of aryl methyl sites for hydroxylation is 1. The Labute approximate surface area is 65.1 Å². The van der Waals surface area contributed by atoms with Gasteiger partial charge in [0.15, 0.2) is 0 Å². The standard InChI is InChI=1S/C9H12Si/c1-7-5-4-6-9(10-3)8(7)2/h4-6H,1-3H3. The van der Waals surface area contributed by atoms with E-state index in [1.165, 1.54) is 16.3 Å². The minimum absolute atomic E-state index is 0.925. The Balaban J connectivity index is 3.14. The second kappa shape index (κ2) is 3.02. The summed E-state index contributed by atoms with van der Waals surface area (Å²) in [6, 6.07) is 6.51. The lowest BCUT2D eigenvalue weighted by Crippen LogP contribution is -2.14. The maximum Gasteiger partial charge on any atom is 0.0777 e. The van der Waals surface area contributed by atoms with Gasteiger partial charge < -0.3 is 0 Å². The van der Waals surface area contributed by atoms with Gasteiger partial charge in [0.1, 0.15) is 0 Å². The summed E-state index contributed by atoms with van der Waals surface area (Å²) in [6.07, 6.45) is 0. The van der Waals surface area contributed by atoms with Gasteiger partial charge >= 0.3 is 0 Å². The lowest BCUT2D eigenvalue weighted by molar-refractivity contribution is 1.37.